The molecule has 0 fully saturated rings. The number of hydrogen-bond donors (Lipinski definition) is 2. The zero-order valence-electron chi connectivity index (χ0n) is 21.2. The highest BCUT2D eigenvalue weighted by atomic mass is 16.3. The molecule has 0 saturated heterocycles. The highest BCUT2D eigenvalue weighted by molar-refractivity contribution is 5.77. The normalized spacial score (nSPS) is 17.4. The van der Waals surface area contributed by atoms with E-state index in [9.17, 15) is 9.90 Å². The van der Waals surface area contributed by atoms with Gasteiger partial charge in [0.25, 0.3) is 5.56 Å². The zero-order valence-corrected chi connectivity index (χ0v) is 21.2. The van der Waals surface area contributed by atoms with E-state index in [1.807, 2.05) is 31.2 Å². The van der Waals surface area contributed by atoms with Gasteiger partial charge in [0, 0.05) is 11.9 Å². The van der Waals surface area contributed by atoms with Gasteiger partial charge in [-0.15, -0.1) is 6.58 Å². The number of aryl methyl sites for hydroxylation is 1. The summed E-state index contributed by atoms with van der Waals surface area (Å²) in [4.78, 5) is 27.2. The first-order valence-corrected chi connectivity index (χ1v) is 12.3. The molecule has 2 N–H and O–H groups in total. The smallest absolute Gasteiger partial charge is 0.278 e. The molecule has 0 aliphatic heterocycles. The van der Waals surface area contributed by atoms with Crippen molar-refractivity contribution in [3.8, 4) is 5.82 Å². The number of rotatable bonds is 6. The molecule has 0 spiro atoms. The summed E-state index contributed by atoms with van der Waals surface area (Å²) in [6.45, 7) is 12.6. The molecule has 8 nitrogen and oxygen atoms in total. The number of hydrogen-bond acceptors (Lipinski definition) is 6. The Bertz CT molecular complexity index is 1510. The lowest BCUT2D eigenvalue weighted by Crippen LogP contribution is -2.25. The second-order valence-electron chi connectivity index (χ2n) is 10.4. The molecule has 1 aliphatic carbocycles. The maximum atomic E-state index is 13.2. The van der Waals surface area contributed by atoms with Crippen LogP contribution in [0.4, 0.5) is 11.6 Å². The predicted octanol–water partition coefficient (Wildman–Crippen LogP) is 4.75. The molecule has 1 atom stereocenters. The highest BCUT2D eigenvalue weighted by Crippen LogP contribution is 2.38. The molecule has 0 unspecified atom stereocenters. The number of benzene rings is 1. The molecular weight excluding hydrogens is 452 g/mol. The number of nitrogens with one attached hydrogen (secondary N) is 1. The van der Waals surface area contributed by atoms with Gasteiger partial charge >= 0.3 is 0 Å². The molecule has 5 rings (SSSR count). The minimum Gasteiger partial charge on any atom is -0.384 e. The van der Waals surface area contributed by atoms with Crippen LogP contribution in [0.5, 0.6) is 0 Å². The zero-order chi connectivity index (χ0) is 25.7. The Labute approximate surface area is 210 Å². The summed E-state index contributed by atoms with van der Waals surface area (Å²) in [6.07, 6.45) is 5.21. The summed E-state index contributed by atoms with van der Waals surface area (Å²) in [7, 11) is 0. The van der Waals surface area contributed by atoms with Crippen LogP contribution in [-0.4, -0.2) is 29.4 Å². The molecule has 0 bridgehead atoms. The van der Waals surface area contributed by atoms with Gasteiger partial charge in [0.05, 0.1) is 12.2 Å². The van der Waals surface area contributed by atoms with Crippen molar-refractivity contribution in [1.29, 1.82) is 0 Å². The third-order valence-electron chi connectivity index (χ3n) is 7.00. The summed E-state index contributed by atoms with van der Waals surface area (Å²) in [5.74, 6) is 0.900. The molecule has 1 aliphatic rings. The maximum Gasteiger partial charge on any atom is 0.278 e. The van der Waals surface area contributed by atoms with Gasteiger partial charge in [-0.05, 0) is 54.0 Å². The molecule has 3 heterocycles. The number of nitrogens with zero attached hydrogens (tertiary/aromatic N) is 5. The second-order valence-corrected chi connectivity index (χ2v) is 10.4. The van der Waals surface area contributed by atoms with Crippen LogP contribution in [0.1, 0.15) is 57.4 Å². The summed E-state index contributed by atoms with van der Waals surface area (Å²) in [6, 6.07) is 12.0. The van der Waals surface area contributed by atoms with E-state index in [4.69, 9.17) is 9.97 Å². The van der Waals surface area contributed by atoms with Gasteiger partial charge in [-0.3, -0.25) is 4.79 Å². The molecule has 3 aromatic heterocycles. The molecular formula is C28H32N6O2. The lowest BCUT2D eigenvalue weighted by molar-refractivity contribution is 0.0306. The monoisotopic (exact) mass is 484 g/mol. The van der Waals surface area contributed by atoms with Crippen molar-refractivity contribution >= 4 is 22.7 Å². The predicted molar refractivity (Wildman–Crippen MR) is 142 cm³/mol. The quantitative estimate of drug-likeness (QED) is 0.384. The number of fused-ring (bicyclic) bond motifs is 2. The Morgan fingerprint density at radius 1 is 1.17 bits per heavy atom. The summed E-state index contributed by atoms with van der Waals surface area (Å²) in [5.41, 5.74) is 3.11. The van der Waals surface area contributed by atoms with E-state index in [1.165, 1.54) is 5.56 Å². The first kappa shape index (κ1) is 23.9. The topological polar surface area (TPSA) is 97.9 Å². The fraction of sp³-hybridized carbons (Fsp3) is 0.357. The molecule has 0 radical (unpaired) electrons. The van der Waals surface area contributed by atoms with E-state index >= 15 is 0 Å². The standard InChI is InChI=1S/C28H32N6O2/c1-6-16-33-25(35)21-17-29-26(30-20-11-9-19(10-12-20)27(3,4)5)32-24(21)34(33)22-13-8-18-14-15-28(36,7-2)23(18)31-22/h6,8-13,17,36H,1,7,14-16H2,2-5H3,(H,29,30,32)/t28-/m0/s1. The van der Waals surface area contributed by atoms with E-state index in [0.717, 1.165) is 17.7 Å². The largest absolute Gasteiger partial charge is 0.384 e. The third kappa shape index (κ3) is 4.01. The molecule has 0 amide bonds. The van der Waals surface area contributed by atoms with Crippen molar-refractivity contribution < 1.29 is 5.11 Å². The van der Waals surface area contributed by atoms with Gasteiger partial charge in [-0.25, -0.2) is 19.3 Å². The van der Waals surface area contributed by atoms with Crippen LogP contribution in [0, 0.1) is 0 Å². The fourth-order valence-corrected chi connectivity index (χ4v) is 4.80. The number of aromatic nitrogens is 5. The Morgan fingerprint density at radius 2 is 1.92 bits per heavy atom. The van der Waals surface area contributed by atoms with E-state index in [0.29, 0.717) is 41.3 Å². The van der Waals surface area contributed by atoms with Crippen molar-refractivity contribution in [2.75, 3.05) is 5.32 Å². The summed E-state index contributed by atoms with van der Waals surface area (Å²) in [5, 5.41) is 14.7. The number of anilines is 2. The summed E-state index contributed by atoms with van der Waals surface area (Å²) < 4.78 is 3.24. The second kappa shape index (κ2) is 8.71. The van der Waals surface area contributed by atoms with E-state index in [2.05, 4.69) is 49.8 Å². The Balaban J connectivity index is 1.61. The average molecular weight is 485 g/mol. The number of pyridine rings is 1. The van der Waals surface area contributed by atoms with Crippen LogP contribution < -0.4 is 10.9 Å². The molecule has 0 saturated carbocycles. The van der Waals surface area contributed by atoms with E-state index in [1.54, 1.807) is 21.6 Å². The van der Waals surface area contributed by atoms with Crippen molar-refractivity contribution in [3.63, 3.8) is 0 Å². The van der Waals surface area contributed by atoms with Gasteiger partial charge in [-0.2, -0.15) is 4.98 Å². The van der Waals surface area contributed by atoms with Crippen LogP contribution >= 0.6 is 0 Å². The van der Waals surface area contributed by atoms with Crippen molar-refractivity contribution in [2.24, 2.45) is 0 Å². The fourth-order valence-electron chi connectivity index (χ4n) is 4.80. The van der Waals surface area contributed by atoms with Gasteiger partial charge in [0.1, 0.15) is 11.0 Å². The molecule has 186 valence electrons. The molecule has 8 heteroatoms. The van der Waals surface area contributed by atoms with Gasteiger partial charge in [-0.1, -0.05) is 52.0 Å². The average Bonchev–Trinajstić information content (AvgIpc) is 3.33. The Kier molecular flexibility index (Phi) is 5.79. The van der Waals surface area contributed by atoms with Gasteiger partial charge in [0.15, 0.2) is 11.5 Å². The number of allylic oxidation sites excluding steroid dienone is 1. The molecule has 4 aromatic rings. The highest BCUT2D eigenvalue weighted by Gasteiger charge is 2.37. The minimum atomic E-state index is -0.960. The molecule has 36 heavy (non-hydrogen) atoms. The first-order valence-electron chi connectivity index (χ1n) is 12.3. The van der Waals surface area contributed by atoms with Crippen LogP contribution in [0.3, 0.4) is 0 Å². The van der Waals surface area contributed by atoms with Crippen molar-refractivity contribution in [3.05, 3.63) is 82.4 Å². The Hall–Kier alpha value is -3.78. The third-order valence-corrected chi connectivity index (χ3v) is 7.00. The van der Waals surface area contributed by atoms with Gasteiger partial charge in [0.2, 0.25) is 5.95 Å². The van der Waals surface area contributed by atoms with Crippen molar-refractivity contribution in [1.82, 2.24) is 24.3 Å². The van der Waals surface area contributed by atoms with E-state index < -0.39 is 5.60 Å². The number of aliphatic hydroxyl groups is 1. The van der Waals surface area contributed by atoms with Crippen LogP contribution in [0.15, 0.2) is 60.0 Å². The molecule has 1 aromatic carbocycles. The van der Waals surface area contributed by atoms with E-state index in [-0.39, 0.29) is 17.5 Å². The first-order chi connectivity index (χ1) is 17.1. The maximum absolute atomic E-state index is 13.2. The minimum absolute atomic E-state index is 0.0604. The van der Waals surface area contributed by atoms with Crippen LogP contribution in [0.25, 0.3) is 16.9 Å². The lowest BCUT2D eigenvalue weighted by atomic mass is 9.87. The Morgan fingerprint density at radius 3 is 2.58 bits per heavy atom. The SMILES string of the molecule is C=CCn1c(=O)c2cnc(Nc3ccc(C(C)(C)C)cc3)nc2n1-c1ccc2c(n1)[C@](O)(CC)CC2. The van der Waals surface area contributed by atoms with Gasteiger partial charge < -0.3 is 10.4 Å². The van der Waals surface area contributed by atoms with Crippen molar-refractivity contribution in [2.45, 2.75) is 64.5 Å². The van der Waals surface area contributed by atoms with Crippen LogP contribution in [-0.2, 0) is 24.0 Å². The lowest BCUT2D eigenvalue weighted by Gasteiger charge is -2.21. The summed E-state index contributed by atoms with van der Waals surface area (Å²) >= 11 is 0. The van der Waals surface area contributed by atoms with Crippen LogP contribution in [0.2, 0.25) is 0 Å².